The van der Waals surface area contributed by atoms with Crippen molar-refractivity contribution >= 4 is 34.1 Å². The van der Waals surface area contributed by atoms with Crippen molar-refractivity contribution in [2.75, 3.05) is 11.1 Å². The predicted octanol–water partition coefficient (Wildman–Crippen LogP) is 2.66. The summed E-state index contributed by atoms with van der Waals surface area (Å²) in [4.78, 5) is 19.7. The minimum absolute atomic E-state index is 0.0108. The smallest absolute Gasteiger partial charge is 0.226 e. The number of nitrogens with zero attached hydrogens (tertiary/aromatic N) is 2. The lowest BCUT2D eigenvalue weighted by molar-refractivity contribution is -0.115. The molecule has 0 saturated heterocycles. The number of carbonyl (C=O) groups excluding carboxylic acids is 1. The van der Waals surface area contributed by atoms with Gasteiger partial charge in [0.2, 0.25) is 5.91 Å². The lowest BCUT2D eigenvalue weighted by Gasteiger charge is -2.01. The second kappa shape index (κ2) is 6.36. The van der Waals surface area contributed by atoms with Crippen LogP contribution in [-0.4, -0.2) is 21.6 Å². The van der Waals surface area contributed by atoms with E-state index in [4.69, 9.17) is 0 Å². The Labute approximate surface area is 107 Å². The normalized spacial score (nSPS) is 10.1. The molecule has 6 heteroatoms. The van der Waals surface area contributed by atoms with Gasteiger partial charge >= 0.3 is 0 Å². The molecular formula is C11H11N3OS2. The molecule has 0 atom stereocenters. The van der Waals surface area contributed by atoms with Crippen molar-refractivity contribution in [1.82, 2.24) is 9.97 Å². The number of hydrogen-bond acceptors (Lipinski definition) is 5. The molecule has 0 aliphatic carbocycles. The van der Waals surface area contributed by atoms with Crippen molar-refractivity contribution in [2.45, 2.75) is 11.4 Å². The summed E-state index contributed by atoms with van der Waals surface area (Å²) in [6.45, 7) is 0. The molecule has 0 bridgehead atoms. The molecule has 17 heavy (non-hydrogen) atoms. The minimum Gasteiger partial charge on any atom is -0.302 e. The van der Waals surface area contributed by atoms with Crippen LogP contribution in [0, 0.1) is 0 Å². The van der Waals surface area contributed by atoms with Gasteiger partial charge in [0.1, 0.15) is 0 Å². The third-order valence-electron chi connectivity index (χ3n) is 1.90. The molecule has 0 fully saturated rings. The van der Waals surface area contributed by atoms with E-state index in [1.54, 1.807) is 24.2 Å². The average Bonchev–Trinajstić information content (AvgIpc) is 2.83. The largest absolute Gasteiger partial charge is 0.302 e. The summed E-state index contributed by atoms with van der Waals surface area (Å²) >= 11 is 2.99. The molecule has 2 rings (SSSR count). The molecule has 1 amide bonds. The van der Waals surface area contributed by atoms with Crippen LogP contribution in [0.25, 0.3) is 0 Å². The van der Waals surface area contributed by atoms with E-state index in [2.05, 4.69) is 15.3 Å². The summed E-state index contributed by atoms with van der Waals surface area (Å²) in [5.74, 6) is 0.706. The number of nitrogens with one attached hydrogen (secondary N) is 1. The van der Waals surface area contributed by atoms with E-state index in [0.717, 1.165) is 5.03 Å². The summed E-state index contributed by atoms with van der Waals surface area (Å²) in [5.41, 5.74) is 0. The van der Waals surface area contributed by atoms with Crippen LogP contribution in [0.3, 0.4) is 0 Å². The van der Waals surface area contributed by atoms with Gasteiger partial charge in [-0.25, -0.2) is 9.97 Å². The average molecular weight is 265 g/mol. The van der Waals surface area contributed by atoms with Crippen molar-refractivity contribution in [2.24, 2.45) is 0 Å². The Balaban J connectivity index is 1.70. The molecule has 0 saturated carbocycles. The molecule has 0 unspecified atom stereocenters. The quantitative estimate of drug-likeness (QED) is 0.844. The Kier molecular flexibility index (Phi) is 4.52. The van der Waals surface area contributed by atoms with Crippen LogP contribution < -0.4 is 5.32 Å². The topological polar surface area (TPSA) is 54.9 Å². The third-order valence-corrected chi connectivity index (χ3v) is 3.53. The maximum atomic E-state index is 11.5. The van der Waals surface area contributed by atoms with Crippen LogP contribution in [0.15, 0.2) is 41.0 Å². The molecule has 1 N–H and O–H groups in total. The number of carbonyl (C=O) groups is 1. The lowest BCUT2D eigenvalue weighted by atomic mass is 10.5. The molecule has 0 aliphatic heterocycles. The van der Waals surface area contributed by atoms with Crippen LogP contribution in [0.2, 0.25) is 0 Å². The summed E-state index contributed by atoms with van der Waals surface area (Å²) in [6.07, 6.45) is 3.88. The zero-order valence-corrected chi connectivity index (χ0v) is 10.6. The van der Waals surface area contributed by atoms with Gasteiger partial charge in [-0.1, -0.05) is 6.07 Å². The maximum Gasteiger partial charge on any atom is 0.226 e. The van der Waals surface area contributed by atoms with Gasteiger partial charge in [-0.15, -0.1) is 23.1 Å². The van der Waals surface area contributed by atoms with E-state index in [-0.39, 0.29) is 5.91 Å². The third kappa shape index (κ3) is 4.16. The first kappa shape index (κ1) is 12.1. The SMILES string of the molecule is O=C(CCSc1ccccn1)Nc1nccs1. The summed E-state index contributed by atoms with van der Waals surface area (Å²) < 4.78 is 0. The number of thiazole rings is 1. The Bertz CT molecular complexity index is 459. The first-order chi connectivity index (χ1) is 8.34. The number of amides is 1. The monoisotopic (exact) mass is 265 g/mol. The fourth-order valence-electron chi connectivity index (χ4n) is 1.15. The fourth-order valence-corrected chi connectivity index (χ4v) is 2.50. The molecule has 0 aromatic carbocycles. The van der Waals surface area contributed by atoms with Gasteiger partial charge in [0.05, 0.1) is 5.03 Å². The second-order valence-corrected chi connectivity index (χ2v) is 5.16. The van der Waals surface area contributed by atoms with Gasteiger partial charge in [0, 0.05) is 29.9 Å². The van der Waals surface area contributed by atoms with Gasteiger partial charge < -0.3 is 5.32 Å². The summed E-state index contributed by atoms with van der Waals surface area (Å²) in [5, 5.41) is 6.16. The molecule has 2 aromatic rings. The Morgan fingerprint density at radius 2 is 2.29 bits per heavy atom. The second-order valence-electron chi connectivity index (χ2n) is 3.15. The van der Waals surface area contributed by atoms with Crippen LogP contribution >= 0.6 is 23.1 Å². The van der Waals surface area contributed by atoms with Gasteiger partial charge in [-0.05, 0) is 12.1 Å². The molecular weight excluding hydrogens is 254 g/mol. The van der Waals surface area contributed by atoms with Crippen LogP contribution in [0.4, 0.5) is 5.13 Å². The van der Waals surface area contributed by atoms with Crippen molar-refractivity contribution in [3.8, 4) is 0 Å². The van der Waals surface area contributed by atoms with Crippen molar-refractivity contribution in [1.29, 1.82) is 0 Å². The molecule has 2 aromatic heterocycles. The zero-order valence-electron chi connectivity index (χ0n) is 9.00. The van der Waals surface area contributed by atoms with E-state index in [0.29, 0.717) is 17.3 Å². The number of pyridine rings is 1. The summed E-state index contributed by atoms with van der Waals surface area (Å²) in [6, 6.07) is 5.74. The first-order valence-corrected chi connectivity index (χ1v) is 6.94. The van der Waals surface area contributed by atoms with E-state index in [1.165, 1.54) is 11.3 Å². The van der Waals surface area contributed by atoms with Crippen molar-refractivity contribution < 1.29 is 4.79 Å². The van der Waals surface area contributed by atoms with Crippen LogP contribution in [0.5, 0.6) is 0 Å². The molecule has 88 valence electrons. The molecule has 2 heterocycles. The Hall–Kier alpha value is -1.40. The predicted molar refractivity (Wildman–Crippen MR) is 70.3 cm³/mol. The standard InChI is InChI=1S/C11H11N3OS2/c15-9(14-11-13-6-8-17-11)4-7-16-10-3-1-2-5-12-10/h1-3,5-6,8H,4,7H2,(H,13,14,15). The highest BCUT2D eigenvalue weighted by Crippen LogP contribution is 2.16. The van der Waals surface area contributed by atoms with E-state index >= 15 is 0 Å². The fraction of sp³-hybridized carbons (Fsp3) is 0.182. The molecule has 0 aliphatic rings. The zero-order chi connectivity index (χ0) is 11.9. The number of anilines is 1. The van der Waals surface area contributed by atoms with Crippen molar-refractivity contribution in [3.05, 3.63) is 36.0 Å². The molecule has 0 radical (unpaired) electrons. The molecule has 0 spiro atoms. The van der Waals surface area contributed by atoms with E-state index in [9.17, 15) is 4.79 Å². The van der Waals surface area contributed by atoms with Crippen LogP contribution in [0.1, 0.15) is 6.42 Å². The van der Waals surface area contributed by atoms with Crippen molar-refractivity contribution in [3.63, 3.8) is 0 Å². The first-order valence-electron chi connectivity index (χ1n) is 5.08. The summed E-state index contributed by atoms with van der Waals surface area (Å²) in [7, 11) is 0. The van der Waals surface area contributed by atoms with Gasteiger partial charge in [-0.2, -0.15) is 0 Å². The van der Waals surface area contributed by atoms with E-state index < -0.39 is 0 Å². The van der Waals surface area contributed by atoms with Gasteiger partial charge in [0.15, 0.2) is 5.13 Å². The maximum absolute atomic E-state index is 11.5. The lowest BCUT2D eigenvalue weighted by Crippen LogP contribution is -2.11. The number of thioether (sulfide) groups is 1. The number of hydrogen-bond donors (Lipinski definition) is 1. The Morgan fingerprint density at radius 1 is 1.35 bits per heavy atom. The van der Waals surface area contributed by atoms with Gasteiger partial charge in [-0.3, -0.25) is 4.79 Å². The highest BCUT2D eigenvalue weighted by molar-refractivity contribution is 7.99. The highest BCUT2D eigenvalue weighted by Gasteiger charge is 2.04. The van der Waals surface area contributed by atoms with Gasteiger partial charge in [0.25, 0.3) is 0 Å². The molecule has 4 nitrogen and oxygen atoms in total. The number of aromatic nitrogens is 2. The van der Waals surface area contributed by atoms with Crippen LogP contribution in [-0.2, 0) is 4.79 Å². The minimum atomic E-state index is -0.0108. The Morgan fingerprint density at radius 3 is 3.00 bits per heavy atom. The van der Waals surface area contributed by atoms with E-state index in [1.807, 2.05) is 23.6 Å². The highest BCUT2D eigenvalue weighted by atomic mass is 32.2. The number of rotatable bonds is 5.